The predicted octanol–water partition coefficient (Wildman–Crippen LogP) is 2.05. The van der Waals surface area contributed by atoms with E-state index in [1.807, 2.05) is 19.2 Å². The quantitative estimate of drug-likeness (QED) is 0.555. The van der Waals surface area contributed by atoms with Gasteiger partial charge in [0, 0.05) is 33.2 Å². The van der Waals surface area contributed by atoms with Crippen molar-refractivity contribution in [2.75, 3.05) is 26.2 Å². The van der Waals surface area contributed by atoms with Gasteiger partial charge in [-0.1, -0.05) is 12.1 Å². The largest absolute Gasteiger partial charge is 0.461 e. The van der Waals surface area contributed by atoms with E-state index in [9.17, 15) is 13.7 Å². The number of piperazine rings is 1. The summed E-state index contributed by atoms with van der Waals surface area (Å²) in [7, 11) is -1.88. The lowest BCUT2D eigenvalue weighted by Gasteiger charge is -2.33. The first-order chi connectivity index (χ1) is 14.4. The maximum atomic E-state index is 13.0. The van der Waals surface area contributed by atoms with Crippen molar-refractivity contribution >= 4 is 22.2 Å². The van der Waals surface area contributed by atoms with E-state index in [1.54, 1.807) is 33.7 Å². The fraction of sp³-hybridized carbons (Fsp3) is 0.316. The second kappa shape index (κ2) is 8.16. The smallest absolute Gasteiger partial charge is 0.244 e. The third-order valence-corrected chi connectivity index (χ3v) is 7.51. The summed E-state index contributed by atoms with van der Waals surface area (Å²) >= 11 is 5.49. The Kier molecular flexibility index (Phi) is 5.57. The number of rotatable bonds is 5. The second-order valence-electron chi connectivity index (χ2n) is 6.91. The molecule has 0 N–H and O–H groups in total. The molecule has 1 fully saturated rings. The predicted molar refractivity (Wildman–Crippen MR) is 111 cm³/mol. The minimum Gasteiger partial charge on any atom is -0.461 e. The molecule has 2 aromatic heterocycles. The average molecular weight is 445 g/mol. The van der Waals surface area contributed by atoms with Gasteiger partial charge in [0.05, 0.1) is 23.4 Å². The second-order valence-corrected chi connectivity index (χ2v) is 9.19. The zero-order chi connectivity index (χ0) is 21.3. The van der Waals surface area contributed by atoms with Crippen molar-refractivity contribution in [3.8, 4) is 17.7 Å². The minimum absolute atomic E-state index is 0.0518. The normalized spacial score (nSPS) is 15.9. The lowest BCUT2D eigenvalue weighted by molar-refractivity contribution is 0.144. The van der Waals surface area contributed by atoms with E-state index in [0.29, 0.717) is 49.2 Å². The summed E-state index contributed by atoms with van der Waals surface area (Å²) in [6, 6.07) is 11.9. The van der Waals surface area contributed by atoms with E-state index in [1.165, 1.54) is 16.4 Å². The van der Waals surface area contributed by atoms with E-state index < -0.39 is 10.0 Å². The first-order valence-electron chi connectivity index (χ1n) is 9.31. The lowest BCUT2D eigenvalue weighted by atomic mass is 10.2. The molecule has 156 valence electrons. The van der Waals surface area contributed by atoms with Crippen LogP contribution in [0.5, 0.6) is 0 Å². The molecule has 9 nitrogen and oxygen atoms in total. The Bertz CT molecular complexity index is 1250. The maximum absolute atomic E-state index is 13.0. The summed E-state index contributed by atoms with van der Waals surface area (Å²) in [4.78, 5) is 2.15. The Labute approximate surface area is 179 Å². The van der Waals surface area contributed by atoms with E-state index in [4.69, 9.17) is 16.6 Å². The van der Waals surface area contributed by atoms with Crippen LogP contribution in [0.15, 0.2) is 52.0 Å². The number of nitrogens with zero attached hydrogens (tertiary/aromatic N) is 6. The molecule has 0 aliphatic carbocycles. The highest BCUT2D eigenvalue weighted by atomic mass is 32.2. The molecule has 0 saturated carbocycles. The van der Waals surface area contributed by atoms with Crippen LogP contribution in [-0.4, -0.2) is 58.1 Å². The summed E-state index contributed by atoms with van der Waals surface area (Å²) in [5.41, 5.74) is 0.158. The molecular formula is C19H20N6O3S2. The van der Waals surface area contributed by atoms with Gasteiger partial charge in [0.15, 0.2) is 16.4 Å². The highest BCUT2D eigenvalue weighted by Gasteiger charge is 2.30. The summed E-state index contributed by atoms with van der Waals surface area (Å²) in [5.74, 6) is 1.27. The first-order valence-corrected chi connectivity index (χ1v) is 11.2. The SMILES string of the molecule is Cn1c(-c2ccco2)nn(CN2CCN(S(=O)(=O)c3ccccc3C#N)CC2)c1=S. The van der Waals surface area contributed by atoms with Crippen molar-refractivity contribution < 1.29 is 12.8 Å². The highest BCUT2D eigenvalue weighted by molar-refractivity contribution is 7.89. The monoisotopic (exact) mass is 444 g/mol. The standard InChI is InChI=1S/C19H20N6O3S2/c1-22-18(16-6-4-12-28-16)21-25(19(22)29)14-23-8-10-24(11-9-23)30(26,27)17-7-3-2-5-15(17)13-20/h2-7,12H,8-11,14H2,1H3. The van der Waals surface area contributed by atoms with Gasteiger partial charge in [0.25, 0.3) is 0 Å². The van der Waals surface area contributed by atoms with Gasteiger partial charge in [-0.25, -0.2) is 13.1 Å². The van der Waals surface area contributed by atoms with Crippen LogP contribution in [0.2, 0.25) is 0 Å². The Morgan fingerprint density at radius 1 is 1.17 bits per heavy atom. The van der Waals surface area contributed by atoms with E-state index in [2.05, 4.69) is 10.00 Å². The van der Waals surface area contributed by atoms with Gasteiger partial charge in [0.2, 0.25) is 10.0 Å². The van der Waals surface area contributed by atoms with Gasteiger partial charge in [-0.2, -0.15) is 9.57 Å². The van der Waals surface area contributed by atoms with Crippen molar-refractivity contribution in [2.45, 2.75) is 11.6 Å². The Balaban J connectivity index is 1.47. The van der Waals surface area contributed by atoms with Crippen molar-refractivity contribution in [1.29, 1.82) is 5.26 Å². The molecule has 30 heavy (non-hydrogen) atoms. The molecule has 0 spiro atoms. The van der Waals surface area contributed by atoms with Gasteiger partial charge in [0.1, 0.15) is 6.07 Å². The van der Waals surface area contributed by atoms with Crippen LogP contribution in [0.4, 0.5) is 0 Å². The molecule has 4 rings (SSSR count). The third-order valence-electron chi connectivity index (χ3n) is 5.07. The fourth-order valence-electron chi connectivity index (χ4n) is 3.42. The van der Waals surface area contributed by atoms with Gasteiger partial charge in [-0.3, -0.25) is 4.90 Å². The van der Waals surface area contributed by atoms with Crippen LogP contribution in [0.3, 0.4) is 0 Å². The minimum atomic E-state index is -3.72. The number of hydrogen-bond acceptors (Lipinski definition) is 7. The molecule has 3 aromatic rings. The van der Waals surface area contributed by atoms with Crippen LogP contribution >= 0.6 is 12.2 Å². The molecule has 1 aromatic carbocycles. The molecule has 3 heterocycles. The first kappa shape index (κ1) is 20.5. The Morgan fingerprint density at radius 3 is 2.57 bits per heavy atom. The summed E-state index contributed by atoms with van der Waals surface area (Å²) < 4.78 is 36.8. The fourth-order valence-corrected chi connectivity index (χ4v) is 5.17. The van der Waals surface area contributed by atoms with E-state index >= 15 is 0 Å². The van der Waals surface area contributed by atoms with Crippen LogP contribution < -0.4 is 0 Å². The average Bonchev–Trinajstić information content (AvgIpc) is 3.38. The molecule has 11 heteroatoms. The van der Waals surface area contributed by atoms with Crippen LogP contribution in [0.25, 0.3) is 11.6 Å². The number of sulfonamides is 1. The van der Waals surface area contributed by atoms with Crippen molar-refractivity contribution in [2.24, 2.45) is 7.05 Å². The van der Waals surface area contributed by atoms with E-state index in [0.717, 1.165) is 0 Å². The topological polar surface area (TPSA) is 100 Å². The molecule has 1 aliphatic heterocycles. The molecule has 1 aliphatic rings. The molecule has 1 saturated heterocycles. The lowest BCUT2D eigenvalue weighted by Crippen LogP contribution is -2.49. The zero-order valence-electron chi connectivity index (χ0n) is 16.3. The maximum Gasteiger partial charge on any atom is 0.244 e. The van der Waals surface area contributed by atoms with Crippen molar-refractivity contribution in [3.05, 3.63) is 53.0 Å². The van der Waals surface area contributed by atoms with E-state index in [-0.39, 0.29) is 10.5 Å². The van der Waals surface area contributed by atoms with Crippen molar-refractivity contribution in [3.63, 3.8) is 0 Å². The molecule has 0 bridgehead atoms. The molecule has 0 unspecified atom stereocenters. The summed E-state index contributed by atoms with van der Waals surface area (Å²) in [6.07, 6.45) is 1.58. The number of hydrogen-bond donors (Lipinski definition) is 0. The summed E-state index contributed by atoms with van der Waals surface area (Å²) in [6.45, 7) is 2.17. The number of furan rings is 1. The van der Waals surface area contributed by atoms with Gasteiger partial charge < -0.3 is 8.98 Å². The summed E-state index contributed by atoms with van der Waals surface area (Å²) in [5, 5.41) is 13.8. The van der Waals surface area contributed by atoms with Gasteiger partial charge >= 0.3 is 0 Å². The molecule has 0 atom stereocenters. The van der Waals surface area contributed by atoms with Crippen LogP contribution in [-0.2, 0) is 23.7 Å². The number of aromatic nitrogens is 3. The Hall–Kier alpha value is -2.78. The number of nitriles is 1. The third kappa shape index (κ3) is 3.70. The van der Waals surface area contributed by atoms with Gasteiger partial charge in [-0.05, 0) is 36.5 Å². The van der Waals surface area contributed by atoms with Crippen molar-refractivity contribution in [1.82, 2.24) is 23.6 Å². The molecule has 0 radical (unpaired) electrons. The van der Waals surface area contributed by atoms with Crippen LogP contribution in [0.1, 0.15) is 5.56 Å². The van der Waals surface area contributed by atoms with Crippen LogP contribution in [0, 0.1) is 16.1 Å². The Morgan fingerprint density at radius 2 is 1.90 bits per heavy atom. The molecule has 0 amide bonds. The van der Waals surface area contributed by atoms with Gasteiger partial charge in [-0.15, -0.1) is 5.10 Å². The molecular weight excluding hydrogens is 424 g/mol. The number of benzene rings is 1. The zero-order valence-corrected chi connectivity index (χ0v) is 17.9. The highest BCUT2D eigenvalue weighted by Crippen LogP contribution is 2.22.